The Morgan fingerprint density at radius 2 is 1.81 bits per heavy atom. The van der Waals surface area contributed by atoms with Crippen LogP contribution in [-0.2, 0) is 14.3 Å². The van der Waals surface area contributed by atoms with Gasteiger partial charge in [-0.3, -0.25) is 14.4 Å². The highest BCUT2D eigenvalue weighted by Gasteiger charge is 2.33. The van der Waals surface area contributed by atoms with E-state index in [1.807, 2.05) is 20.8 Å². The number of hydrogen-bond donors (Lipinski definition) is 0. The van der Waals surface area contributed by atoms with E-state index in [-0.39, 0.29) is 24.2 Å². The number of rotatable bonds is 5. The number of carbonyl (C=O) groups is 3. The SMILES string of the molecule is COc1ccc(C(=O)COC(=O)C2CCN(C(=O)C(C)(C)C)CC2)cc1Cl. The van der Waals surface area contributed by atoms with Crippen LogP contribution in [0.1, 0.15) is 44.0 Å². The zero-order chi connectivity index (χ0) is 20.2. The molecule has 0 radical (unpaired) electrons. The molecule has 7 heteroatoms. The predicted octanol–water partition coefficient (Wildman–Crippen LogP) is 3.36. The van der Waals surface area contributed by atoms with Crippen LogP contribution < -0.4 is 4.74 Å². The number of esters is 1. The molecule has 0 atom stereocenters. The molecule has 0 aromatic heterocycles. The fourth-order valence-corrected chi connectivity index (χ4v) is 3.23. The summed E-state index contributed by atoms with van der Waals surface area (Å²) in [6.07, 6.45) is 1.09. The van der Waals surface area contributed by atoms with Gasteiger partial charge in [0.05, 0.1) is 18.1 Å². The van der Waals surface area contributed by atoms with Crippen LogP contribution in [0.15, 0.2) is 18.2 Å². The fraction of sp³-hybridized carbons (Fsp3) is 0.550. The average molecular weight is 396 g/mol. The molecule has 148 valence electrons. The lowest BCUT2D eigenvalue weighted by atomic mass is 9.91. The Morgan fingerprint density at radius 1 is 1.19 bits per heavy atom. The Kier molecular flexibility index (Phi) is 6.87. The van der Waals surface area contributed by atoms with E-state index in [1.165, 1.54) is 13.2 Å². The van der Waals surface area contributed by atoms with Crippen LogP contribution in [-0.4, -0.2) is 49.4 Å². The van der Waals surface area contributed by atoms with Gasteiger partial charge in [-0.25, -0.2) is 0 Å². The van der Waals surface area contributed by atoms with Crippen molar-refractivity contribution < 1.29 is 23.9 Å². The summed E-state index contributed by atoms with van der Waals surface area (Å²) < 4.78 is 10.2. The minimum Gasteiger partial charge on any atom is -0.495 e. The molecule has 1 aromatic rings. The Hall–Kier alpha value is -2.08. The van der Waals surface area contributed by atoms with Crippen LogP contribution in [0.5, 0.6) is 5.75 Å². The molecule has 1 saturated heterocycles. The highest BCUT2D eigenvalue weighted by molar-refractivity contribution is 6.32. The van der Waals surface area contributed by atoms with Gasteiger partial charge in [-0.15, -0.1) is 0 Å². The number of piperidine rings is 1. The molecule has 0 saturated carbocycles. The summed E-state index contributed by atoms with van der Waals surface area (Å²) >= 11 is 6.01. The minimum absolute atomic E-state index is 0.0841. The summed E-state index contributed by atoms with van der Waals surface area (Å²) in [7, 11) is 1.49. The number of ether oxygens (including phenoxy) is 2. The Bertz CT molecular complexity index is 718. The van der Waals surface area contributed by atoms with Gasteiger partial charge in [0.15, 0.2) is 12.4 Å². The number of hydrogen-bond acceptors (Lipinski definition) is 5. The topological polar surface area (TPSA) is 72.9 Å². The third kappa shape index (κ3) is 5.45. The minimum atomic E-state index is -0.431. The maximum absolute atomic E-state index is 12.3. The molecule has 0 bridgehead atoms. The second-order valence-electron chi connectivity index (χ2n) is 7.70. The van der Waals surface area contributed by atoms with Crippen LogP contribution in [0.2, 0.25) is 5.02 Å². The Balaban J connectivity index is 1.84. The van der Waals surface area contributed by atoms with Crippen LogP contribution in [0.4, 0.5) is 0 Å². The van der Waals surface area contributed by atoms with E-state index < -0.39 is 11.4 Å². The first kappa shape index (κ1) is 21.2. The lowest BCUT2D eigenvalue weighted by molar-refractivity contribution is -0.152. The van der Waals surface area contributed by atoms with Gasteiger partial charge in [0.25, 0.3) is 0 Å². The smallest absolute Gasteiger partial charge is 0.309 e. The number of ketones is 1. The maximum Gasteiger partial charge on any atom is 0.309 e. The van der Waals surface area contributed by atoms with Crippen molar-refractivity contribution in [3.63, 3.8) is 0 Å². The molecule has 1 fully saturated rings. The van der Waals surface area contributed by atoms with Crippen molar-refractivity contribution in [3.05, 3.63) is 28.8 Å². The summed E-state index contributed by atoms with van der Waals surface area (Å²) in [5, 5.41) is 0.325. The molecule has 2 rings (SSSR count). The normalized spacial score (nSPS) is 15.4. The number of amides is 1. The van der Waals surface area contributed by atoms with Gasteiger partial charge in [-0.2, -0.15) is 0 Å². The molecule has 1 amide bonds. The first-order valence-corrected chi connectivity index (χ1v) is 9.34. The van der Waals surface area contributed by atoms with E-state index in [4.69, 9.17) is 21.1 Å². The van der Waals surface area contributed by atoms with Crippen molar-refractivity contribution in [2.24, 2.45) is 11.3 Å². The lowest BCUT2D eigenvalue weighted by Gasteiger charge is -2.34. The van der Waals surface area contributed by atoms with Crippen molar-refractivity contribution in [3.8, 4) is 5.75 Å². The van der Waals surface area contributed by atoms with E-state index in [1.54, 1.807) is 17.0 Å². The van der Waals surface area contributed by atoms with Crippen LogP contribution in [0.3, 0.4) is 0 Å². The number of halogens is 1. The molecule has 0 spiro atoms. The number of benzene rings is 1. The molecule has 0 unspecified atom stereocenters. The predicted molar refractivity (Wildman–Crippen MR) is 102 cm³/mol. The average Bonchev–Trinajstić information content (AvgIpc) is 2.64. The molecule has 0 N–H and O–H groups in total. The standard InChI is InChI=1S/C20H26ClNO5/c1-20(2,3)19(25)22-9-7-13(8-10-22)18(24)27-12-16(23)14-5-6-17(26-4)15(21)11-14/h5-6,11,13H,7-10,12H2,1-4H3. The van der Waals surface area contributed by atoms with E-state index in [9.17, 15) is 14.4 Å². The zero-order valence-electron chi connectivity index (χ0n) is 16.2. The quantitative estimate of drug-likeness (QED) is 0.564. The van der Waals surface area contributed by atoms with Gasteiger partial charge >= 0.3 is 5.97 Å². The number of nitrogens with zero attached hydrogens (tertiary/aromatic N) is 1. The van der Waals surface area contributed by atoms with Gasteiger partial charge in [-0.05, 0) is 31.0 Å². The van der Waals surface area contributed by atoms with Gasteiger partial charge < -0.3 is 14.4 Å². The van der Waals surface area contributed by atoms with Gasteiger partial charge in [0.1, 0.15) is 5.75 Å². The molecular weight excluding hydrogens is 370 g/mol. The molecular formula is C20H26ClNO5. The highest BCUT2D eigenvalue weighted by Crippen LogP contribution is 2.26. The van der Waals surface area contributed by atoms with E-state index in [0.717, 1.165) is 0 Å². The third-order valence-electron chi connectivity index (χ3n) is 4.58. The first-order chi connectivity index (χ1) is 12.6. The van der Waals surface area contributed by atoms with Crippen molar-refractivity contribution in [1.29, 1.82) is 0 Å². The number of methoxy groups -OCH3 is 1. The van der Waals surface area contributed by atoms with Crippen molar-refractivity contribution >= 4 is 29.3 Å². The molecule has 1 aromatic carbocycles. The number of carbonyl (C=O) groups excluding carboxylic acids is 3. The summed E-state index contributed by atoms with van der Waals surface area (Å²) in [5.74, 6) is -0.456. The molecule has 1 heterocycles. The Labute approximate surface area is 164 Å². The van der Waals surface area contributed by atoms with Crippen LogP contribution in [0.25, 0.3) is 0 Å². The molecule has 27 heavy (non-hydrogen) atoms. The van der Waals surface area contributed by atoms with E-state index in [0.29, 0.717) is 42.3 Å². The van der Waals surface area contributed by atoms with E-state index >= 15 is 0 Å². The molecule has 1 aliphatic rings. The maximum atomic E-state index is 12.3. The molecule has 6 nitrogen and oxygen atoms in total. The monoisotopic (exact) mass is 395 g/mol. The van der Waals surface area contributed by atoms with Gasteiger partial charge in [-0.1, -0.05) is 32.4 Å². The van der Waals surface area contributed by atoms with Crippen LogP contribution in [0, 0.1) is 11.3 Å². The van der Waals surface area contributed by atoms with Crippen molar-refractivity contribution in [2.45, 2.75) is 33.6 Å². The third-order valence-corrected chi connectivity index (χ3v) is 4.87. The first-order valence-electron chi connectivity index (χ1n) is 8.96. The van der Waals surface area contributed by atoms with E-state index in [2.05, 4.69) is 0 Å². The second-order valence-corrected chi connectivity index (χ2v) is 8.10. The number of likely N-dealkylation sites (tertiary alicyclic amines) is 1. The highest BCUT2D eigenvalue weighted by atomic mass is 35.5. The summed E-state index contributed by atoms with van der Waals surface area (Å²) in [4.78, 5) is 38.5. The van der Waals surface area contributed by atoms with Crippen molar-refractivity contribution in [1.82, 2.24) is 4.90 Å². The fourth-order valence-electron chi connectivity index (χ4n) is 2.97. The molecule has 0 aliphatic carbocycles. The van der Waals surface area contributed by atoms with Gasteiger partial charge in [0, 0.05) is 24.1 Å². The Morgan fingerprint density at radius 3 is 2.33 bits per heavy atom. The zero-order valence-corrected chi connectivity index (χ0v) is 17.0. The second kappa shape index (κ2) is 8.74. The summed E-state index contributed by atoms with van der Waals surface area (Å²) in [6, 6.07) is 4.67. The lowest BCUT2D eigenvalue weighted by Crippen LogP contribution is -2.45. The molecule has 1 aliphatic heterocycles. The largest absolute Gasteiger partial charge is 0.495 e. The van der Waals surface area contributed by atoms with Crippen molar-refractivity contribution in [2.75, 3.05) is 26.8 Å². The van der Waals surface area contributed by atoms with Gasteiger partial charge in [0.2, 0.25) is 5.91 Å². The number of Topliss-reactive ketones (excluding diaryl/α,β-unsaturated/α-hetero) is 1. The van der Waals surface area contributed by atoms with Crippen LogP contribution >= 0.6 is 11.6 Å². The summed E-state index contributed by atoms with van der Waals surface area (Å²) in [5.41, 5.74) is -0.0708. The summed E-state index contributed by atoms with van der Waals surface area (Å²) in [6.45, 7) is 6.37.